The number of amides is 1. The Morgan fingerprint density at radius 1 is 1.12 bits per heavy atom. The van der Waals surface area contributed by atoms with E-state index < -0.39 is 17.6 Å². The summed E-state index contributed by atoms with van der Waals surface area (Å²) in [6.45, 7) is 1.66. The number of carbonyl (C=O) groups excluding carboxylic acids is 1. The molecule has 1 amide bonds. The molecule has 128 valence electrons. The Labute approximate surface area is 142 Å². The van der Waals surface area contributed by atoms with E-state index >= 15 is 0 Å². The first-order valence-electron chi connectivity index (χ1n) is 7.29. The van der Waals surface area contributed by atoms with Gasteiger partial charge in [0, 0.05) is 16.4 Å². The summed E-state index contributed by atoms with van der Waals surface area (Å²) < 4.78 is 39.0. The molecule has 0 aliphatic rings. The number of aryl methyl sites for hydroxylation is 1. The number of alkyl halides is 3. The number of hydrogen-bond donors (Lipinski definition) is 2. The van der Waals surface area contributed by atoms with Crippen LogP contribution in [-0.4, -0.2) is 12.5 Å². The molecule has 0 aromatic heterocycles. The third-order valence-electron chi connectivity index (χ3n) is 3.40. The molecule has 0 unspecified atom stereocenters. The topological polar surface area (TPSA) is 41.1 Å². The molecular formula is C17H16ClF3N2O. The molecule has 0 saturated carbocycles. The lowest BCUT2D eigenvalue weighted by molar-refractivity contribution is -0.137. The lowest BCUT2D eigenvalue weighted by atomic mass is 10.1. The summed E-state index contributed by atoms with van der Waals surface area (Å²) in [6.07, 6.45) is -3.82. The maximum atomic E-state index is 13.0. The van der Waals surface area contributed by atoms with E-state index in [0.717, 1.165) is 18.1 Å². The van der Waals surface area contributed by atoms with Crippen molar-refractivity contribution < 1.29 is 18.0 Å². The van der Waals surface area contributed by atoms with Gasteiger partial charge in [-0.2, -0.15) is 13.2 Å². The summed E-state index contributed by atoms with van der Waals surface area (Å²) in [6, 6.07) is 10.6. The molecule has 0 atom stereocenters. The number of halogens is 4. The van der Waals surface area contributed by atoms with Gasteiger partial charge in [-0.05, 0) is 36.2 Å². The average Bonchev–Trinajstić information content (AvgIpc) is 2.53. The number of para-hydroxylation sites is 1. The molecule has 0 aliphatic carbocycles. The van der Waals surface area contributed by atoms with E-state index in [1.165, 1.54) is 12.1 Å². The molecule has 2 aromatic rings. The fourth-order valence-corrected chi connectivity index (χ4v) is 2.40. The van der Waals surface area contributed by atoms with Gasteiger partial charge in [0.05, 0.1) is 12.1 Å². The molecule has 0 heterocycles. The molecule has 0 aliphatic heterocycles. The molecule has 0 saturated heterocycles. The van der Waals surface area contributed by atoms with Crippen molar-refractivity contribution in [3.8, 4) is 0 Å². The third-order valence-corrected chi connectivity index (χ3v) is 3.63. The fourth-order valence-electron chi connectivity index (χ4n) is 2.23. The minimum atomic E-state index is -4.56. The van der Waals surface area contributed by atoms with Crippen LogP contribution in [0, 0.1) is 0 Å². The maximum Gasteiger partial charge on any atom is 0.418 e. The van der Waals surface area contributed by atoms with E-state index in [4.69, 9.17) is 11.6 Å². The summed E-state index contributed by atoms with van der Waals surface area (Å²) in [5.41, 5.74) is 0.509. The van der Waals surface area contributed by atoms with Crippen LogP contribution in [0.5, 0.6) is 0 Å². The van der Waals surface area contributed by atoms with Crippen molar-refractivity contribution in [3.63, 3.8) is 0 Å². The first-order valence-corrected chi connectivity index (χ1v) is 7.67. The lowest BCUT2D eigenvalue weighted by Crippen LogP contribution is -2.23. The molecule has 0 radical (unpaired) electrons. The zero-order chi connectivity index (χ0) is 17.7. The van der Waals surface area contributed by atoms with Crippen molar-refractivity contribution in [2.45, 2.75) is 19.5 Å². The van der Waals surface area contributed by atoms with Crippen LogP contribution in [0.3, 0.4) is 0 Å². The Bertz CT molecular complexity index is 732. The van der Waals surface area contributed by atoms with Gasteiger partial charge < -0.3 is 10.6 Å². The summed E-state index contributed by atoms with van der Waals surface area (Å²) in [5, 5.41) is 5.19. The lowest BCUT2D eigenvalue weighted by Gasteiger charge is -2.15. The van der Waals surface area contributed by atoms with Crippen LogP contribution in [0.15, 0.2) is 42.5 Å². The highest BCUT2D eigenvalue weighted by atomic mass is 35.5. The second-order valence-corrected chi connectivity index (χ2v) is 5.54. The van der Waals surface area contributed by atoms with E-state index in [9.17, 15) is 18.0 Å². The number of nitrogens with one attached hydrogen (secondary N) is 2. The molecule has 2 rings (SSSR count). The van der Waals surface area contributed by atoms with E-state index in [1.54, 1.807) is 12.1 Å². The first kappa shape index (κ1) is 18.1. The molecule has 7 heteroatoms. The highest BCUT2D eigenvalue weighted by Crippen LogP contribution is 2.36. The SMILES string of the molecule is CCc1ccccc1NC(=O)CNc1ccc(Cl)cc1C(F)(F)F. The van der Waals surface area contributed by atoms with Crippen LogP contribution in [0.1, 0.15) is 18.1 Å². The van der Waals surface area contributed by atoms with Gasteiger partial charge in [-0.1, -0.05) is 36.7 Å². The van der Waals surface area contributed by atoms with Gasteiger partial charge in [0.1, 0.15) is 0 Å². The van der Waals surface area contributed by atoms with Gasteiger partial charge in [0.2, 0.25) is 5.91 Å². The Kier molecular flexibility index (Phi) is 5.72. The number of carbonyl (C=O) groups is 1. The van der Waals surface area contributed by atoms with Crippen molar-refractivity contribution in [2.24, 2.45) is 0 Å². The summed E-state index contributed by atoms with van der Waals surface area (Å²) in [5.74, 6) is -0.432. The minimum absolute atomic E-state index is 0.0193. The van der Waals surface area contributed by atoms with E-state index in [2.05, 4.69) is 10.6 Å². The van der Waals surface area contributed by atoms with Gasteiger partial charge >= 0.3 is 6.18 Å². The zero-order valence-corrected chi connectivity index (χ0v) is 13.6. The van der Waals surface area contributed by atoms with Gasteiger partial charge in [0.25, 0.3) is 0 Å². The van der Waals surface area contributed by atoms with Crippen LogP contribution in [0.4, 0.5) is 24.5 Å². The second kappa shape index (κ2) is 7.57. The summed E-state index contributed by atoms with van der Waals surface area (Å²) in [7, 11) is 0. The Hall–Kier alpha value is -2.21. The highest BCUT2D eigenvalue weighted by Gasteiger charge is 2.33. The Balaban J connectivity index is 2.07. The molecule has 3 nitrogen and oxygen atoms in total. The quantitative estimate of drug-likeness (QED) is 0.794. The van der Waals surface area contributed by atoms with Crippen LogP contribution in [0.25, 0.3) is 0 Å². The molecule has 2 N–H and O–H groups in total. The molecule has 24 heavy (non-hydrogen) atoms. The predicted molar refractivity (Wildman–Crippen MR) is 89.4 cm³/mol. The Morgan fingerprint density at radius 3 is 2.50 bits per heavy atom. The summed E-state index contributed by atoms with van der Waals surface area (Å²) >= 11 is 5.62. The molecule has 2 aromatic carbocycles. The minimum Gasteiger partial charge on any atom is -0.376 e. The van der Waals surface area contributed by atoms with Gasteiger partial charge in [-0.25, -0.2) is 0 Å². The number of rotatable bonds is 5. The normalized spacial score (nSPS) is 11.2. The van der Waals surface area contributed by atoms with Crippen LogP contribution in [0.2, 0.25) is 5.02 Å². The van der Waals surface area contributed by atoms with Gasteiger partial charge in [-0.3, -0.25) is 4.79 Å². The van der Waals surface area contributed by atoms with E-state index in [-0.39, 0.29) is 17.3 Å². The van der Waals surface area contributed by atoms with Gasteiger partial charge in [-0.15, -0.1) is 0 Å². The number of hydrogen-bond acceptors (Lipinski definition) is 2. The second-order valence-electron chi connectivity index (χ2n) is 5.10. The average molecular weight is 357 g/mol. The highest BCUT2D eigenvalue weighted by molar-refractivity contribution is 6.30. The number of anilines is 2. The van der Waals surface area contributed by atoms with Crippen LogP contribution >= 0.6 is 11.6 Å². The Morgan fingerprint density at radius 2 is 1.83 bits per heavy atom. The van der Waals surface area contributed by atoms with Crippen molar-refractivity contribution in [3.05, 3.63) is 58.6 Å². The van der Waals surface area contributed by atoms with Crippen molar-refractivity contribution >= 4 is 28.9 Å². The predicted octanol–water partition coefficient (Wildman–Crippen LogP) is 4.97. The standard InChI is InChI=1S/C17H16ClF3N2O/c1-2-11-5-3-4-6-14(11)23-16(24)10-22-15-8-7-12(18)9-13(15)17(19,20)21/h3-9,22H,2,10H2,1H3,(H,23,24). The maximum absolute atomic E-state index is 13.0. The first-order chi connectivity index (χ1) is 11.3. The largest absolute Gasteiger partial charge is 0.418 e. The van der Waals surface area contributed by atoms with E-state index in [0.29, 0.717) is 5.69 Å². The molecule has 0 spiro atoms. The van der Waals surface area contributed by atoms with Crippen molar-refractivity contribution in [1.29, 1.82) is 0 Å². The third kappa shape index (κ3) is 4.64. The van der Waals surface area contributed by atoms with Gasteiger partial charge in [0.15, 0.2) is 0 Å². The molecule has 0 fully saturated rings. The monoisotopic (exact) mass is 356 g/mol. The summed E-state index contributed by atoms with van der Waals surface area (Å²) in [4.78, 5) is 12.0. The van der Waals surface area contributed by atoms with Crippen molar-refractivity contribution in [2.75, 3.05) is 17.2 Å². The molecular weight excluding hydrogens is 341 g/mol. The zero-order valence-electron chi connectivity index (χ0n) is 12.9. The number of benzene rings is 2. The fraction of sp³-hybridized carbons (Fsp3) is 0.235. The smallest absolute Gasteiger partial charge is 0.376 e. The van der Waals surface area contributed by atoms with Crippen LogP contribution < -0.4 is 10.6 Å². The van der Waals surface area contributed by atoms with Crippen LogP contribution in [-0.2, 0) is 17.4 Å². The molecule has 0 bridgehead atoms. The van der Waals surface area contributed by atoms with E-state index in [1.807, 2.05) is 19.1 Å². The van der Waals surface area contributed by atoms with Crippen molar-refractivity contribution in [1.82, 2.24) is 0 Å².